The molecule has 1 heterocycles. The van der Waals surface area contributed by atoms with Gasteiger partial charge in [-0.3, -0.25) is 4.79 Å². The first-order valence-corrected chi connectivity index (χ1v) is 8.77. The van der Waals surface area contributed by atoms with Crippen molar-refractivity contribution in [2.75, 3.05) is 25.0 Å². The zero-order chi connectivity index (χ0) is 17.2. The van der Waals surface area contributed by atoms with Crippen LogP contribution < -0.4 is 5.32 Å². The van der Waals surface area contributed by atoms with Crippen LogP contribution in [0.4, 0.5) is 5.82 Å². The Morgan fingerprint density at radius 1 is 1.08 bits per heavy atom. The van der Waals surface area contributed by atoms with E-state index in [1.54, 1.807) is 12.3 Å². The van der Waals surface area contributed by atoms with Gasteiger partial charge in [0, 0.05) is 31.4 Å². The number of anilines is 1. The van der Waals surface area contributed by atoms with Crippen LogP contribution in [0.5, 0.6) is 0 Å². The highest BCUT2D eigenvalue weighted by Crippen LogP contribution is 2.11. The lowest BCUT2D eigenvalue weighted by Crippen LogP contribution is -2.32. The van der Waals surface area contributed by atoms with E-state index >= 15 is 0 Å². The zero-order valence-corrected chi connectivity index (χ0v) is 14.7. The van der Waals surface area contributed by atoms with Gasteiger partial charge < -0.3 is 10.2 Å². The van der Waals surface area contributed by atoms with E-state index < -0.39 is 0 Å². The molecule has 0 bridgehead atoms. The topological polar surface area (TPSA) is 45.2 Å². The lowest BCUT2D eigenvalue weighted by molar-refractivity contribution is 0.0755. The number of aromatic nitrogens is 1. The molecule has 0 spiro atoms. The Bertz CT molecular complexity index is 622. The summed E-state index contributed by atoms with van der Waals surface area (Å²) in [6.07, 6.45) is 4.57. The molecule has 0 aliphatic carbocycles. The van der Waals surface area contributed by atoms with Crippen molar-refractivity contribution in [3.8, 4) is 0 Å². The minimum Gasteiger partial charge on any atom is -0.370 e. The molecule has 4 nitrogen and oxygen atoms in total. The summed E-state index contributed by atoms with van der Waals surface area (Å²) < 4.78 is 0. The van der Waals surface area contributed by atoms with Gasteiger partial charge in [-0.1, -0.05) is 44.2 Å². The maximum Gasteiger partial charge on any atom is 0.254 e. The number of benzene rings is 1. The van der Waals surface area contributed by atoms with Crippen LogP contribution in [0.2, 0.25) is 0 Å². The number of hydrogen-bond acceptors (Lipinski definition) is 3. The normalized spacial score (nSPS) is 10.4. The second-order valence-electron chi connectivity index (χ2n) is 5.88. The number of nitrogens with one attached hydrogen (secondary N) is 1. The number of carbonyl (C=O) groups excluding carboxylic acids is 1. The largest absolute Gasteiger partial charge is 0.370 e. The van der Waals surface area contributed by atoms with Gasteiger partial charge in [0.05, 0.1) is 0 Å². The standard InChI is InChI=1S/C20H27N3O/c1-3-14-23(15-4-2)20(24)18-11-13-22-19(16-18)21-12-10-17-8-6-5-7-9-17/h5-9,11,13,16H,3-4,10,12,14-15H2,1-2H3,(H,21,22). The minimum absolute atomic E-state index is 0.0900. The van der Waals surface area contributed by atoms with Gasteiger partial charge in [-0.25, -0.2) is 4.98 Å². The Balaban J connectivity index is 1.96. The maximum absolute atomic E-state index is 12.6. The number of hydrogen-bond donors (Lipinski definition) is 1. The summed E-state index contributed by atoms with van der Waals surface area (Å²) in [5.74, 6) is 0.844. The summed E-state index contributed by atoms with van der Waals surface area (Å²) >= 11 is 0. The predicted octanol–water partition coefficient (Wildman–Crippen LogP) is 4.00. The van der Waals surface area contributed by atoms with Crippen LogP contribution >= 0.6 is 0 Å². The summed E-state index contributed by atoms with van der Waals surface area (Å²) in [5.41, 5.74) is 1.99. The fourth-order valence-corrected chi connectivity index (χ4v) is 2.68. The van der Waals surface area contributed by atoms with E-state index in [0.717, 1.165) is 44.7 Å². The third kappa shape index (κ3) is 5.37. The van der Waals surface area contributed by atoms with Crippen LogP contribution in [0.1, 0.15) is 42.6 Å². The van der Waals surface area contributed by atoms with Crippen molar-refractivity contribution in [2.24, 2.45) is 0 Å². The van der Waals surface area contributed by atoms with Gasteiger partial charge in [-0.2, -0.15) is 0 Å². The summed E-state index contributed by atoms with van der Waals surface area (Å²) in [7, 11) is 0. The molecular formula is C20H27N3O. The molecule has 0 fully saturated rings. The van der Waals surface area contributed by atoms with Crippen LogP contribution in [-0.2, 0) is 6.42 Å². The number of amides is 1. The van der Waals surface area contributed by atoms with Crippen LogP contribution in [0.25, 0.3) is 0 Å². The van der Waals surface area contributed by atoms with Crippen molar-refractivity contribution in [1.82, 2.24) is 9.88 Å². The molecule has 128 valence electrons. The van der Waals surface area contributed by atoms with Crippen LogP contribution in [0.3, 0.4) is 0 Å². The van der Waals surface area contributed by atoms with Crippen molar-refractivity contribution < 1.29 is 4.79 Å². The SMILES string of the molecule is CCCN(CCC)C(=O)c1ccnc(NCCc2ccccc2)c1. The van der Waals surface area contributed by atoms with Crippen LogP contribution in [0.15, 0.2) is 48.7 Å². The minimum atomic E-state index is 0.0900. The highest BCUT2D eigenvalue weighted by molar-refractivity contribution is 5.94. The first kappa shape index (κ1) is 18.0. The van der Waals surface area contributed by atoms with E-state index in [-0.39, 0.29) is 5.91 Å². The van der Waals surface area contributed by atoms with E-state index in [1.807, 2.05) is 29.2 Å². The Hall–Kier alpha value is -2.36. The van der Waals surface area contributed by atoms with E-state index in [9.17, 15) is 4.79 Å². The van der Waals surface area contributed by atoms with Gasteiger partial charge in [0.15, 0.2) is 0 Å². The monoisotopic (exact) mass is 325 g/mol. The van der Waals surface area contributed by atoms with Crippen molar-refractivity contribution in [3.63, 3.8) is 0 Å². The average Bonchev–Trinajstić information content (AvgIpc) is 2.62. The maximum atomic E-state index is 12.6. The molecule has 2 rings (SSSR count). The second-order valence-corrected chi connectivity index (χ2v) is 5.88. The molecule has 0 saturated carbocycles. The summed E-state index contributed by atoms with van der Waals surface area (Å²) in [5, 5.41) is 3.31. The molecule has 2 aromatic rings. The molecule has 0 atom stereocenters. The number of rotatable bonds is 9. The summed E-state index contributed by atoms with van der Waals surface area (Å²) in [6, 6.07) is 14.0. The molecule has 1 amide bonds. The molecule has 0 radical (unpaired) electrons. The highest BCUT2D eigenvalue weighted by Gasteiger charge is 2.14. The first-order chi connectivity index (χ1) is 11.7. The molecule has 1 N–H and O–H groups in total. The fraction of sp³-hybridized carbons (Fsp3) is 0.400. The molecule has 0 aliphatic rings. The summed E-state index contributed by atoms with van der Waals surface area (Å²) in [6.45, 7) is 6.58. The third-order valence-electron chi connectivity index (χ3n) is 3.84. The third-order valence-corrected chi connectivity index (χ3v) is 3.84. The van der Waals surface area contributed by atoms with Crippen LogP contribution in [0, 0.1) is 0 Å². The number of carbonyl (C=O) groups is 1. The highest BCUT2D eigenvalue weighted by atomic mass is 16.2. The lowest BCUT2D eigenvalue weighted by atomic mass is 10.1. The zero-order valence-electron chi connectivity index (χ0n) is 14.7. The Morgan fingerprint density at radius 2 is 1.79 bits per heavy atom. The Kier molecular flexibility index (Phi) is 7.27. The molecule has 0 aliphatic heterocycles. The smallest absolute Gasteiger partial charge is 0.254 e. The van der Waals surface area contributed by atoms with Crippen LogP contribution in [-0.4, -0.2) is 35.4 Å². The van der Waals surface area contributed by atoms with Gasteiger partial charge in [0.25, 0.3) is 5.91 Å². The number of nitrogens with zero attached hydrogens (tertiary/aromatic N) is 2. The van der Waals surface area contributed by atoms with Gasteiger partial charge in [0.1, 0.15) is 5.82 Å². The second kappa shape index (κ2) is 9.71. The van der Waals surface area contributed by atoms with Gasteiger partial charge in [-0.05, 0) is 37.0 Å². The fourth-order valence-electron chi connectivity index (χ4n) is 2.68. The van der Waals surface area contributed by atoms with E-state index in [0.29, 0.717) is 5.56 Å². The number of pyridine rings is 1. The Labute approximate surface area is 144 Å². The van der Waals surface area contributed by atoms with E-state index in [1.165, 1.54) is 5.56 Å². The lowest BCUT2D eigenvalue weighted by Gasteiger charge is -2.21. The molecule has 24 heavy (non-hydrogen) atoms. The molecule has 0 saturated heterocycles. The first-order valence-electron chi connectivity index (χ1n) is 8.77. The van der Waals surface area contributed by atoms with Crippen molar-refractivity contribution >= 4 is 11.7 Å². The molecule has 4 heteroatoms. The molecule has 1 aromatic heterocycles. The van der Waals surface area contributed by atoms with Gasteiger partial charge in [0.2, 0.25) is 0 Å². The van der Waals surface area contributed by atoms with Crippen molar-refractivity contribution in [2.45, 2.75) is 33.1 Å². The summed E-state index contributed by atoms with van der Waals surface area (Å²) in [4.78, 5) is 18.9. The van der Waals surface area contributed by atoms with E-state index in [2.05, 4.69) is 36.3 Å². The van der Waals surface area contributed by atoms with Crippen molar-refractivity contribution in [3.05, 3.63) is 59.8 Å². The average molecular weight is 325 g/mol. The van der Waals surface area contributed by atoms with Crippen molar-refractivity contribution in [1.29, 1.82) is 0 Å². The Morgan fingerprint density at radius 3 is 2.46 bits per heavy atom. The van der Waals surface area contributed by atoms with Gasteiger partial charge in [-0.15, -0.1) is 0 Å². The molecule has 0 unspecified atom stereocenters. The van der Waals surface area contributed by atoms with Gasteiger partial charge >= 0.3 is 0 Å². The predicted molar refractivity (Wildman–Crippen MR) is 99.4 cm³/mol. The molecule has 1 aromatic carbocycles. The quantitative estimate of drug-likeness (QED) is 0.758. The van der Waals surface area contributed by atoms with E-state index in [4.69, 9.17) is 0 Å². The molecular weight excluding hydrogens is 298 g/mol.